The molecule has 2 aromatic rings. The van der Waals surface area contributed by atoms with E-state index in [1.54, 1.807) is 12.1 Å². The van der Waals surface area contributed by atoms with Crippen molar-refractivity contribution in [1.82, 2.24) is 0 Å². The van der Waals surface area contributed by atoms with E-state index in [2.05, 4.69) is 20.1 Å². The highest BCUT2D eigenvalue weighted by Gasteiger charge is 2.17. The van der Waals surface area contributed by atoms with E-state index in [1.165, 1.54) is 0 Å². The van der Waals surface area contributed by atoms with Gasteiger partial charge in [0.2, 0.25) is 0 Å². The molecule has 0 N–H and O–H groups in total. The molecule has 0 fully saturated rings. The molecule has 0 radical (unpaired) electrons. The summed E-state index contributed by atoms with van der Waals surface area (Å²) in [6, 6.07) is 10.9. The van der Waals surface area contributed by atoms with E-state index in [0.29, 0.717) is 4.47 Å². The third-order valence-corrected chi connectivity index (χ3v) is 4.52. The van der Waals surface area contributed by atoms with Gasteiger partial charge < -0.3 is 0 Å². The van der Waals surface area contributed by atoms with Gasteiger partial charge in [0.25, 0.3) is 10.1 Å². The normalized spacial score (nSPS) is 11.9. The molecular formula is C11H9BrO3S. The van der Waals surface area contributed by atoms with Crippen molar-refractivity contribution in [2.75, 3.05) is 7.11 Å². The van der Waals surface area contributed by atoms with Crippen molar-refractivity contribution in [2.45, 2.75) is 4.90 Å². The van der Waals surface area contributed by atoms with E-state index in [-0.39, 0.29) is 4.90 Å². The van der Waals surface area contributed by atoms with Gasteiger partial charge in [-0.3, -0.25) is 4.18 Å². The van der Waals surface area contributed by atoms with Crippen molar-refractivity contribution in [3.63, 3.8) is 0 Å². The number of hydrogen-bond acceptors (Lipinski definition) is 3. The van der Waals surface area contributed by atoms with Crippen LogP contribution in [-0.2, 0) is 14.3 Å². The molecule has 0 spiro atoms. The first-order chi connectivity index (χ1) is 7.54. The SMILES string of the molecule is COS(=O)(=O)c1cc2ccccc2cc1Br. The summed E-state index contributed by atoms with van der Waals surface area (Å²) in [4.78, 5) is 0.147. The molecule has 3 nitrogen and oxygen atoms in total. The molecule has 2 aromatic carbocycles. The van der Waals surface area contributed by atoms with Gasteiger partial charge in [0.15, 0.2) is 0 Å². The first-order valence-electron chi connectivity index (χ1n) is 4.53. The highest BCUT2D eigenvalue weighted by molar-refractivity contribution is 9.10. The lowest BCUT2D eigenvalue weighted by atomic mass is 10.1. The van der Waals surface area contributed by atoms with Crippen LogP contribution in [0.2, 0.25) is 0 Å². The summed E-state index contributed by atoms with van der Waals surface area (Å²) in [5.74, 6) is 0. The lowest BCUT2D eigenvalue weighted by Gasteiger charge is -2.06. The number of rotatable bonds is 2. The molecule has 0 unspecified atom stereocenters. The largest absolute Gasteiger partial charge is 0.297 e. The first kappa shape index (κ1) is 11.6. The van der Waals surface area contributed by atoms with E-state index in [4.69, 9.17) is 0 Å². The van der Waals surface area contributed by atoms with Gasteiger partial charge in [-0.2, -0.15) is 8.42 Å². The Hall–Kier alpha value is -0.910. The standard InChI is InChI=1S/C11H9BrO3S/c1-15-16(13,14)11-7-9-5-3-2-4-8(9)6-10(11)12/h2-7H,1H3. The zero-order valence-corrected chi connectivity index (χ0v) is 10.9. The van der Waals surface area contributed by atoms with Crippen LogP contribution in [0, 0.1) is 0 Å². The summed E-state index contributed by atoms with van der Waals surface area (Å²) >= 11 is 3.23. The number of benzene rings is 2. The Labute approximate surface area is 102 Å². The maximum Gasteiger partial charge on any atom is 0.297 e. The summed E-state index contributed by atoms with van der Waals surface area (Å²) in [7, 11) is -2.52. The zero-order chi connectivity index (χ0) is 11.8. The molecule has 0 aliphatic rings. The maximum absolute atomic E-state index is 11.6. The van der Waals surface area contributed by atoms with E-state index in [1.807, 2.05) is 24.3 Å². The van der Waals surface area contributed by atoms with E-state index >= 15 is 0 Å². The molecule has 0 heterocycles. The van der Waals surface area contributed by atoms with E-state index < -0.39 is 10.1 Å². The van der Waals surface area contributed by atoms with Crippen LogP contribution < -0.4 is 0 Å². The predicted octanol–water partition coefficient (Wildman–Crippen LogP) is 2.94. The molecule has 16 heavy (non-hydrogen) atoms. The van der Waals surface area contributed by atoms with Gasteiger partial charge in [0, 0.05) is 4.47 Å². The van der Waals surface area contributed by atoms with Crippen molar-refractivity contribution >= 4 is 36.8 Å². The molecular weight excluding hydrogens is 292 g/mol. The van der Waals surface area contributed by atoms with Crippen LogP contribution >= 0.6 is 15.9 Å². The predicted molar refractivity (Wildman–Crippen MR) is 65.8 cm³/mol. The quantitative estimate of drug-likeness (QED) is 0.801. The van der Waals surface area contributed by atoms with Crippen molar-refractivity contribution in [2.24, 2.45) is 0 Å². The fourth-order valence-electron chi connectivity index (χ4n) is 1.47. The minimum absolute atomic E-state index is 0.147. The molecule has 0 atom stereocenters. The summed E-state index contributed by atoms with van der Waals surface area (Å²) in [5.41, 5.74) is 0. The lowest BCUT2D eigenvalue weighted by molar-refractivity contribution is 0.397. The fraction of sp³-hybridized carbons (Fsp3) is 0.0909. The van der Waals surface area contributed by atoms with Crippen molar-refractivity contribution < 1.29 is 12.6 Å². The number of hydrogen-bond donors (Lipinski definition) is 0. The Morgan fingerprint density at radius 2 is 1.69 bits per heavy atom. The average molecular weight is 301 g/mol. The number of fused-ring (bicyclic) bond motifs is 1. The lowest BCUT2D eigenvalue weighted by Crippen LogP contribution is -2.03. The molecule has 0 bridgehead atoms. The Bertz CT molecular complexity index is 635. The molecule has 5 heteroatoms. The van der Waals surface area contributed by atoms with Crippen LogP contribution in [0.25, 0.3) is 10.8 Å². The Morgan fingerprint density at radius 1 is 1.12 bits per heavy atom. The van der Waals surface area contributed by atoms with Gasteiger partial charge in [0.1, 0.15) is 4.90 Å². The molecule has 0 aromatic heterocycles. The second-order valence-electron chi connectivity index (χ2n) is 3.25. The second kappa shape index (κ2) is 4.16. The smallest absolute Gasteiger partial charge is 0.270 e. The molecule has 84 valence electrons. The Kier molecular flexibility index (Phi) is 3.01. The van der Waals surface area contributed by atoms with Crippen LogP contribution in [0.5, 0.6) is 0 Å². The molecule has 0 saturated carbocycles. The average Bonchev–Trinajstić information content (AvgIpc) is 2.28. The first-order valence-corrected chi connectivity index (χ1v) is 6.73. The third-order valence-electron chi connectivity index (χ3n) is 2.29. The molecule has 2 rings (SSSR count). The van der Waals surface area contributed by atoms with Crippen LogP contribution in [0.3, 0.4) is 0 Å². The maximum atomic E-state index is 11.6. The fourth-order valence-corrected chi connectivity index (χ4v) is 3.18. The monoisotopic (exact) mass is 300 g/mol. The zero-order valence-electron chi connectivity index (χ0n) is 8.48. The van der Waals surface area contributed by atoms with Gasteiger partial charge in [-0.1, -0.05) is 24.3 Å². The van der Waals surface area contributed by atoms with Gasteiger partial charge >= 0.3 is 0 Å². The highest BCUT2D eigenvalue weighted by atomic mass is 79.9. The van der Waals surface area contributed by atoms with Gasteiger partial charge in [0.05, 0.1) is 7.11 Å². The van der Waals surface area contributed by atoms with Crippen LogP contribution in [0.1, 0.15) is 0 Å². The van der Waals surface area contributed by atoms with Gasteiger partial charge in [-0.15, -0.1) is 0 Å². The molecule has 0 aliphatic heterocycles. The van der Waals surface area contributed by atoms with Crippen molar-refractivity contribution in [3.8, 4) is 0 Å². The summed E-state index contributed by atoms with van der Waals surface area (Å²) in [6.07, 6.45) is 0. The Balaban J connectivity index is 2.78. The van der Waals surface area contributed by atoms with Crippen molar-refractivity contribution in [1.29, 1.82) is 0 Å². The molecule has 0 saturated heterocycles. The number of halogens is 1. The summed E-state index contributed by atoms with van der Waals surface area (Å²) in [5, 5.41) is 1.84. The highest BCUT2D eigenvalue weighted by Crippen LogP contribution is 2.28. The molecule has 0 amide bonds. The van der Waals surface area contributed by atoms with Crippen LogP contribution in [0.15, 0.2) is 45.8 Å². The minimum Gasteiger partial charge on any atom is -0.270 e. The summed E-state index contributed by atoms with van der Waals surface area (Å²) < 4.78 is 28.2. The van der Waals surface area contributed by atoms with E-state index in [9.17, 15) is 8.42 Å². The van der Waals surface area contributed by atoms with Gasteiger partial charge in [-0.25, -0.2) is 0 Å². The van der Waals surface area contributed by atoms with Crippen molar-refractivity contribution in [3.05, 3.63) is 40.9 Å². The third kappa shape index (κ3) is 1.98. The van der Waals surface area contributed by atoms with Gasteiger partial charge in [-0.05, 0) is 38.8 Å². The molecule has 0 aliphatic carbocycles. The minimum atomic E-state index is -3.67. The van der Waals surface area contributed by atoms with Crippen LogP contribution in [0.4, 0.5) is 0 Å². The van der Waals surface area contributed by atoms with Crippen LogP contribution in [-0.4, -0.2) is 15.5 Å². The topological polar surface area (TPSA) is 43.4 Å². The Morgan fingerprint density at radius 3 is 2.25 bits per heavy atom. The second-order valence-corrected chi connectivity index (χ2v) is 5.79. The summed E-state index contributed by atoms with van der Waals surface area (Å²) in [6.45, 7) is 0. The van der Waals surface area contributed by atoms with E-state index in [0.717, 1.165) is 17.9 Å².